The van der Waals surface area contributed by atoms with Crippen molar-refractivity contribution in [1.82, 2.24) is 5.32 Å². The molecule has 2 N–H and O–H groups in total. The first-order chi connectivity index (χ1) is 8.72. The van der Waals surface area contributed by atoms with Gasteiger partial charge in [-0.2, -0.15) is 11.8 Å². The average Bonchev–Trinajstić information content (AvgIpc) is 2.39. The van der Waals surface area contributed by atoms with Gasteiger partial charge in [-0.3, -0.25) is 0 Å². The van der Waals surface area contributed by atoms with Gasteiger partial charge >= 0.3 is 0 Å². The molecule has 1 fully saturated rings. The molecule has 0 radical (unpaired) electrons. The highest BCUT2D eigenvalue weighted by Gasteiger charge is 2.33. The highest BCUT2D eigenvalue weighted by atomic mass is 32.2. The minimum Gasteiger partial charge on any atom is -0.393 e. The molecule has 0 unspecified atom stereocenters. The van der Waals surface area contributed by atoms with Crippen LogP contribution in [-0.2, 0) is 4.74 Å². The number of rotatable bonds is 9. The lowest BCUT2D eigenvalue weighted by Crippen LogP contribution is -2.39. The molecule has 18 heavy (non-hydrogen) atoms. The summed E-state index contributed by atoms with van der Waals surface area (Å²) < 4.78 is 5.07. The number of ether oxygens (including phenoxy) is 1. The van der Waals surface area contributed by atoms with E-state index in [1.54, 1.807) is 7.11 Å². The summed E-state index contributed by atoms with van der Waals surface area (Å²) in [6, 6.07) is 0. The summed E-state index contributed by atoms with van der Waals surface area (Å²) in [5.41, 5.74) is 0.419. The Bertz CT molecular complexity index is 206. The van der Waals surface area contributed by atoms with Crippen LogP contribution in [0.2, 0.25) is 0 Å². The van der Waals surface area contributed by atoms with Crippen LogP contribution in [-0.4, -0.2) is 50.0 Å². The van der Waals surface area contributed by atoms with Gasteiger partial charge in [-0.15, -0.1) is 0 Å². The Morgan fingerprint density at radius 2 is 2.11 bits per heavy atom. The third-order valence-corrected chi connectivity index (χ3v) is 4.75. The van der Waals surface area contributed by atoms with Crippen molar-refractivity contribution < 1.29 is 9.84 Å². The summed E-state index contributed by atoms with van der Waals surface area (Å²) in [5.74, 6) is 1.25. The van der Waals surface area contributed by atoms with E-state index < -0.39 is 0 Å². The molecule has 4 heteroatoms. The van der Waals surface area contributed by atoms with E-state index in [0.29, 0.717) is 5.41 Å². The zero-order valence-electron chi connectivity index (χ0n) is 11.9. The van der Waals surface area contributed by atoms with Crippen LogP contribution in [0, 0.1) is 5.41 Å². The Kier molecular flexibility index (Phi) is 8.31. The Hall–Kier alpha value is 0.230. The Labute approximate surface area is 116 Å². The van der Waals surface area contributed by atoms with E-state index in [-0.39, 0.29) is 6.10 Å². The molecule has 0 bridgehead atoms. The Balaban J connectivity index is 2.35. The number of hydrogen-bond acceptors (Lipinski definition) is 4. The van der Waals surface area contributed by atoms with Crippen LogP contribution in [0.5, 0.6) is 0 Å². The van der Waals surface area contributed by atoms with Gasteiger partial charge in [-0.1, -0.05) is 0 Å². The summed E-state index contributed by atoms with van der Waals surface area (Å²) in [6.07, 6.45) is 9.00. The van der Waals surface area contributed by atoms with Crippen LogP contribution in [0.4, 0.5) is 0 Å². The molecule has 1 aliphatic carbocycles. The number of nitrogens with one attached hydrogen (secondary N) is 1. The molecule has 0 aromatic heterocycles. The minimum atomic E-state index is -0.0577. The molecule has 1 aliphatic rings. The summed E-state index contributed by atoms with van der Waals surface area (Å²) in [4.78, 5) is 0. The van der Waals surface area contributed by atoms with Crippen molar-refractivity contribution in [2.75, 3.05) is 38.8 Å². The molecule has 108 valence electrons. The van der Waals surface area contributed by atoms with Crippen LogP contribution in [0.25, 0.3) is 0 Å². The number of hydrogen-bond donors (Lipinski definition) is 2. The minimum absolute atomic E-state index is 0.0577. The highest BCUT2D eigenvalue weighted by molar-refractivity contribution is 7.98. The Morgan fingerprint density at radius 3 is 2.72 bits per heavy atom. The molecule has 0 aromatic rings. The van der Waals surface area contributed by atoms with Gasteiger partial charge in [-0.05, 0) is 55.9 Å². The predicted octanol–water partition coefficient (Wildman–Crippen LogP) is 2.29. The smallest absolute Gasteiger partial charge is 0.0587 e. The fourth-order valence-electron chi connectivity index (χ4n) is 2.85. The summed E-state index contributed by atoms with van der Waals surface area (Å²) in [6.45, 7) is 2.80. The third-order valence-electron chi connectivity index (χ3n) is 4.05. The highest BCUT2D eigenvalue weighted by Crippen LogP contribution is 2.40. The van der Waals surface area contributed by atoms with E-state index in [4.69, 9.17) is 4.74 Å². The van der Waals surface area contributed by atoms with Crippen LogP contribution < -0.4 is 5.32 Å². The maximum atomic E-state index is 9.68. The lowest BCUT2D eigenvalue weighted by Gasteiger charge is -2.39. The fourth-order valence-corrected chi connectivity index (χ4v) is 3.28. The Morgan fingerprint density at radius 1 is 1.39 bits per heavy atom. The largest absolute Gasteiger partial charge is 0.393 e. The molecule has 0 saturated heterocycles. The molecule has 3 nitrogen and oxygen atoms in total. The first-order valence-electron chi connectivity index (χ1n) is 7.09. The quantitative estimate of drug-likeness (QED) is 0.634. The van der Waals surface area contributed by atoms with Crippen molar-refractivity contribution in [3.8, 4) is 0 Å². The van der Waals surface area contributed by atoms with Gasteiger partial charge in [0.05, 0.1) is 12.7 Å². The zero-order chi connectivity index (χ0) is 13.3. The molecular formula is C14H29NO2S. The SMILES string of the molecule is COCCNCC1(CCCSC)CCC(O)CC1. The van der Waals surface area contributed by atoms with Crippen molar-refractivity contribution in [3.05, 3.63) is 0 Å². The normalized spacial score (nSPS) is 28.5. The number of aliphatic hydroxyl groups excluding tert-OH is 1. The van der Waals surface area contributed by atoms with E-state index in [0.717, 1.165) is 32.5 Å². The topological polar surface area (TPSA) is 41.5 Å². The van der Waals surface area contributed by atoms with E-state index in [1.807, 2.05) is 11.8 Å². The van der Waals surface area contributed by atoms with Gasteiger partial charge in [0.1, 0.15) is 0 Å². The maximum absolute atomic E-state index is 9.68. The van der Waals surface area contributed by atoms with E-state index in [1.165, 1.54) is 31.4 Å². The zero-order valence-corrected chi connectivity index (χ0v) is 12.7. The summed E-state index contributed by atoms with van der Waals surface area (Å²) in [7, 11) is 1.74. The van der Waals surface area contributed by atoms with Gasteiger partial charge in [0.2, 0.25) is 0 Å². The number of methoxy groups -OCH3 is 1. The van der Waals surface area contributed by atoms with E-state index in [2.05, 4.69) is 11.6 Å². The van der Waals surface area contributed by atoms with Gasteiger partial charge in [0.15, 0.2) is 0 Å². The molecule has 1 rings (SSSR count). The number of thioether (sulfide) groups is 1. The van der Waals surface area contributed by atoms with Crippen molar-refractivity contribution in [3.63, 3.8) is 0 Å². The van der Waals surface area contributed by atoms with Crippen LogP contribution >= 0.6 is 11.8 Å². The van der Waals surface area contributed by atoms with Crippen molar-refractivity contribution in [2.24, 2.45) is 5.41 Å². The van der Waals surface area contributed by atoms with Gasteiger partial charge in [0.25, 0.3) is 0 Å². The molecule has 0 heterocycles. The molecule has 0 aliphatic heterocycles. The third kappa shape index (κ3) is 5.91. The van der Waals surface area contributed by atoms with Crippen LogP contribution in [0.15, 0.2) is 0 Å². The average molecular weight is 275 g/mol. The van der Waals surface area contributed by atoms with Crippen molar-refractivity contribution >= 4 is 11.8 Å². The summed E-state index contributed by atoms with van der Waals surface area (Å²) in [5, 5.41) is 13.2. The molecule has 0 atom stereocenters. The van der Waals surface area contributed by atoms with Gasteiger partial charge in [0, 0.05) is 20.2 Å². The van der Waals surface area contributed by atoms with Crippen LogP contribution in [0.1, 0.15) is 38.5 Å². The van der Waals surface area contributed by atoms with Crippen molar-refractivity contribution in [1.29, 1.82) is 0 Å². The maximum Gasteiger partial charge on any atom is 0.0587 e. The lowest BCUT2D eigenvalue weighted by atomic mass is 9.70. The standard InChI is InChI=1S/C14H29NO2S/c1-17-10-9-15-12-14(6-3-11-18-2)7-4-13(16)5-8-14/h13,15-16H,3-12H2,1-2H3. The van der Waals surface area contributed by atoms with E-state index in [9.17, 15) is 5.11 Å². The van der Waals surface area contributed by atoms with Crippen molar-refractivity contribution in [2.45, 2.75) is 44.6 Å². The van der Waals surface area contributed by atoms with Crippen LogP contribution in [0.3, 0.4) is 0 Å². The fraction of sp³-hybridized carbons (Fsp3) is 1.00. The predicted molar refractivity (Wildman–Crippen MR) is 79.3 cm³/mol. The molecule has 0 spiro atoms. The molecule has 0 aromatic carbocycles. The van der Waals surface area contributed by atoms with Gasteiger partial charge < -0.3 is 15.2 Å². The molecular weight excluding hydrogens is 246 g/mol. The van der Waals surface area contributed by atoms with Gasteiger partial charge in [-0.25, -0.2) is 0 Å². The van der Waals surface area contributed by atoms with E-state index >= 15 is 0 Å². The first-order valence-corrected chi connectivity index (χ1v) is 8.48. The lowest BCUT2D eigenvalue weighted by molar-refractivity contribution is 0.0556. The molecule has 0 amide bonds. The second-order valence-corrected chi connectivity index (χ2v) is 6.48. The second-order valence-electron chi connectivity index (χ2n) is 5.50. The second kappa shape index (κ2) is 9.18. The number of aliphatic hydroxyl groups is 1. The monoisotopic (exact) mass is 275 g/mol. The summed E-state index contributed by atoms with van der Waals surface area (Å²) >= 11 is 1.93. The molecule has 1 saturated carbocycles. The first kappa shape index (κ1) is 16.3.